The second kappa shape index (κ2) is 5.97. The van der Waals surface area contributed by atoms with Gasteiger partial charge in [-0.3, -0.25) is 4.79 Å². The summed E-state index contributed by atoms with van der Waals surface area (Å²) < 4.78 is 23.3. The Morgan fingerprint density at radius 1 is 1.39 bits per heavy atom. The molecule has 1 unspecified atom stereocenters. The number of hydrogen-bond donors (Lipinski definition) is 2. The maximum Gasteiger partial charge on any atom is 0.242 e. The number of carbonyl (C=O) groups excluding carboxylic acids is 1. The third-order valence-electron chi connectivity index (χ3n) is 2.69. The van der Waals surface area contributed by atoms with Crippen LogP contribution in [0, 0.1) is 6.92 Å². The summed E-state index contributed by atoms with van der Waals surface area (Å²) in [5, 5.41) is 10.1. The van der Waals surface area contributed by atoms with E-state index >= 15 is 0 Å². The fourth-order valence-electron chi connectivity index (χ4n) is 1.41. The molecule has 0 heterocycles. The number of carbonyl (C=O) groups is 1. The van der Waals surface area contributed by atoms with Crippen LogP contribution in [0.2, 0.25) is 0 Å². The lowest BCUT2D eigenvalue weighted by Gasteiger charge is -2.13. The number of aliphatic hydroxyl groups is 1. The highest BCUT2D eigenvalue weighted by Crippen LogP contribution is 2.14. The van der Waals surface area contributed by atoms with Crippen molar-refractivity contribution in [2.24, 2.45) is 0 Å². The van der Waals surface area contributed by atoms with E-state index in [2.05, 4.69) is 5.32 Å². The van der Waals surface area contributed by atoms with Gasteiger partial charge in [0.2, 0.25) is 5.91 Å². The number of aryl methyl sites for hydroxylation is 1. The number of amides is 1. The minimum Gasteiger partial charge on any atom is -0.395 e. The van der Waals surface area contributed by atoms with E-state index in [0.717, 1.165) is 5.56 Å². The number of hydrogen-bond acceptors (Lipinski definition) is 4. The summed E-state index contributed by atoms with van der Waals surface area (Å²) in [6.07, 6.45) is 0. The third-order valence-corrected chi connectivity index (χ3v) is 4.73. The van der Waals surface area contributed by atoms with E-state index in [0.29, 0.717) is 5.69 Å². The van der Waals surface area contributed by atoms with Gasteiger partial charge in [-0.15, -0.1) is 0 Å². The molecule has 100 valence electrons. The van der Waals surface area contributed by atoms with Gasteiger partial charge in [0.15, 0.2) is 9.84 Å². The quantitative estimate of drug-likeness (QED) is 0.827. The molecule has 1 rings (SSSR count). The van der Waals surface area contributed by atoms with Gasteiger partial charge < -0.3 is 10.4 Å². The van der Waals surface area contributed by atoms with Gasteiger partial charge in [0.05, 0.1) is 12.4 Å². The Labute approximate surface area is 107 Å². The zero-order valence-electron chi connectivity index (χ0n) is 10.4. The van der Waals surface area contributed by atoms with Crippen molar-refractivity contribution in [2.45, 2.75) is 19.1 Å². The van der Waals surface area contributed by atoms with Crippen molar-refractivity contribution < 1.29 is 18.3 Å². The Hall–Kier alpha value is -1.40. The first kappa shape index (κ1) is 14.7. The van der Waals surface area contributed by atoms with Crippen molar-refractivity contribution in [3.8, 4) is 0 Å². The Kier molecular flexibility index (Phi) is 4.86. The highest BCUT2D eigenvalue weighted by Gasteiger charge is 2.27. The van der Waals surface area contributed by atoms with Crippen LogP contribution in [0.25, 0.3) is 0 Å². The highest BCUT2D eigenvalue weighted by atomic mass is 32.2. The predicted octanol–water partition coefficient (Wildman–Crippen LogP) is 0.729. The first-order valence-corrected chi connectivity index (χ1v) is 7.29. The molecule has 0 aliphatic carbocycles. The molecule has 0 aromatic heterocycles. The minimum atomic E-state index is -3.60. The van der Waals surface area contributed by atoms with Crippen LogP contribution in [0.1, 0.15) is 12.5 Å². The van der Waals surface area contributed by atoms with Crippen molar-refractivity contribution in [1.29, 1.82) is 0 Å². The molecule has 0 saturated carbocycles. The summed E-state index contributed by atoms with van der Waals surface area (Å²) in [6.45, 7) is 2.66. The molecule has 5 nitrogen and oxygen atoms in total. The predicted molar refractivity (Wildman–Crippen MR) is 70.1 cm³/mol. The van der Waals surface area contributed by atoms with Crippen LogP contribution in [0.3, 0.4) is 0 Å². The van der Waals surface area contributed by atoms with Crippen molar-refractivity contribution >= 4 is 21.4 Å². The first-order chi connectivity index (χ1) is 8.38. The molecule has 1 aromatic rings. The van der Waals surface area contributed by atoms with Gasteiger partial charge in [-0.05, 0) is 25.5 Å². The Balaban J connectivity index is 2.81. The molecule has 0 saturated heterocycles. The van der Waals surface area contributed by atoms with Gasteiger partial charge in [-0.2, -0.15) is 0 Å². The summed E-state index contributed by atoms with van der Waals surface area (Å²) in [5.74, 6) is -0.993. The van der Waals surface area contributed by atoms with E-state index in [-0.39, 0.29) is 0 Å². The topological polar surface area (TPSA) is 83.5 Å². The van der Waals surface area contributed by atoms with Crippen LogP contribution in [0.15, 0.2) is 24.3 Å². The van der Waals surface area contributed by atoms with Gasteiger partial charge in [0, 0.05) is 5.69 Å². The smallest absolute Gasteiger partial charge is 0.242 e. The molecule has 2 N–H and O–H groups in total. The van der Waals surface area contributed by atoms with Gasteiger partial charge >= 0.3 is 0 Å². The summed E-state index contributed by atoms with van der Waals surface area (Å²) in [7, 11) is -3.60. The van der Waals surface area contributed by atoms with E-state index in [1.165, 1.54) is 6.92 Å². The van der Waals surface area contributed by atoms with E-state index < -0.39 is 33.4 Å². The molecule has 6 heteroatoms. The summed E-state index contributed by atoms with van der Waals surface area (Å²) in [4.78, 5) is 11.8. The number of anilines is 1. The number of sulfone groups is 1. The van der Waals surface area contributed by atoms with Crippen molar-refractivity contribution in [1.82, 2.24) is 0 Å². The minimum absolute atomic E-state index is 0.407. The van der Waals surface area contributed by atoms with Crippen LogP contribution >= 0.6 is 0 Å². The average molecular weight is 271 g/mol. The molecule has 18 heavy (non-hydrogen) atoms. The lowest BCUT2D eigenvalue weighted by molar-refractivity contribution is -0.115. The Bertz CT molecular complexity index is 525. The number of aliphatic hydroxyl groups excluding tert-OH is 1. The number of nitrogens with one attached hydrogen (secondary N) is 1. The molecular weight excluding hydrogens is 254 g/mol. The fourth-order valence-corrected chi connectivity index (χ4v) is 2.41. The van der Waals surface area contributed by atoms with E-state index in [1.54, 1.807) is 12.1 Å². The van der Waals surface area contributed by atoms with Gasteiger partial charge in [-0.25, -0.2) is 8.42 Å². The molecule has 1 aromatic carbocycles. The zero-order valence-corrected chi connectivity index (χ0v) is 11.2. The highest BCUT2D eigenvalue weighted by molar-refractivity contribution is 7.92. The summed E-state index contributed by atoms with van der Waals surface area (Å²) >= 11 is 0. The molecule has 0 aliphatic rings. The number of rotatable bonds is 5. The van der Waals surface area contributed by atoms with Gasteiger partial charge in [0.25, 0.3) is 0 Å². The lowest BCUT2D eigenvalue weighted by Crippen LogP contribution is -2.35. The summed E-state index contributed by atoms with van der Waals surface area (Å²) in [5.41, 5.74) is 1.45. The molecule has 0 aliphatic heterocycles. The van der Waals surface area contributed by atoms with Crippen LogP contribution in [0.5, 0.6) is 0 Å². The van der Waals surface area contributed by atoms with E-state index in [1.807, 2.05) is 19.1 Å². The van der Waals surface area contributed by atoms with Crippen LogP contribution < -0.4 is 5.32 Å². The molecule has 1 atom stereocenters. The molecular formula is C12H17NO4S. The Morgan fingerprint density at radius 2 is 2.00 bits per heavy atom. The van der Waals surface area contributed by atoms with Gasteiger partial charge in [0.1, 0.15) is 5.25 Å². The van der Waals surface area contributed by atoms with Crippen LogP contribution in [0.4, 0.5) is 5.69 Å². The Morgan fingerprint density at radius 3 is 2.56 bits per heavy atom. The van der Waals surface area contributed by atoms with Gasteiger partial charge in [-0.1, -0.05) is 18.2 Å². The second-order valence-electron chi connectivity index (χ2n) is 4.04. The normalized spacial score (nSPS) is 13.1. The largest absolute Gasteiger partial charge is 0.395 e. The fraction of sp³-hybridized carbons (Fsp3) is 0.417. The van der Waals surface area contributed by atoms with Crippen molar-refractivity contribution in [3.05, 3.63) is 29.8 Å². The average Bonchev–Trinajstić information content (AvgIpc) is 2.31. The van der Waals surface area contributed by atoms with Crippen molar-refractivity contribution in [2.75, 3.05) is 17.7 Å². The first-order valence-electron chi connectivity index (χ1n) is 5.57. The molecule has 0 fully saturated rings. The van der Waals surface area contributed by atoms with Crippen LogP contribution in [-0.2, 0) is 14.6 Å². The molecule has 0 spiro atoms. The lowest BCUT2D eigenvalue weighted by atomic mass is 10.2. The van der Waals surface area contributed by atoms with E-state index in [9.17, 15) is 13.2 Å². The summed E-state index contributed by atoms with van der Waals surface area (Å²) in [6, 6.07) is 7.12. The monoisotopic (exact) mass is 271 g/mol. The van der Waals surface area contributed by atoms with Crippen molar-refractivity contribution in [3.63, 3.8) is 0 Å². The zero-order chi connectivity index (χ0) is 13.8. The maximum absolute atomic E-state index is 11.8. The third kappa shape index (κ3) is 3.54. The standard InChI is InChI=1S/C12H17NO4S/c1-9-5-3-4-6-11(9)13-12(15)10(2)18(16,17)8-7-14/h3-6,10,14H,7-8H2,1-2H3,(H,13,15). The number of para-hydroxylation sites is 1. The maximum atomic E-state index is 11.8. The van der Waals surface area contributed by atoms with E-state index in [4.69, 9.17) is 5.11 Å². The SMILES string of the molecule is Cc1ccccc1NC(=O)C(C)S(=O)(=O)CCO. The molecule has 0 bridgehead atoms. The van der Waals surface area contributed by atoms with Crippen LogP contribution in [-0.4, -0.2) is 37.0 Å². The second-order valence-corrected chi connectivity index (χ2v) is 6.48. The number of benzene rings is 1. The molecule has 1 amide bonds. The molecule has 0 radical (unpaired) electrons.